The highest BCUT2D eigenvalue weighted by atomic mass is 19.4. The minimum atomic E-state index is -5.83. The Morgan fingerprint density at radius 3 is 2.02 bits per heavy atom. The van der Waals surface area contributed by atoms with Gasteiger partial charge in [-0.25, -0.2) is 4.79 Å². The van der Waals surface area contributed by atoms with Gasteiger partial charge in [0.2, 0.25) is 0 Å². The van der Waals surface area contributed by atoms with Crippen LogP contribution in [-0.4, -0.2) is 116 Å². The molecular weight excluding hydrogens is 615 g/mol. The van der Waals surface area contributed by atoms with Crippen molar-refractivity contribution in [1.82, 2.24) is 14.7 Å². The molecule has 250 valence electrons. The molecule has 3 fully saturated rings. The van der Waals surface area contributed by atoms with Crippen LogP contribution >= 0.6 is 0 Å². The summed E-state index contributed by atoms with van der Waals surface area (Å²) in [5.41, 5.74) is -0.0251. The lowest BCUT2D eigenvalue weighted by atomic mass is 9.84. The first-order valence-electron chi connectivity index (χ1n) is 13.9. The second-order valence-corrected chi connectivity index (χ2v) is 10.9. The average molecular weight is 651 g/mol. The molecule has 3 saturated heterocycles. The molecule has 0 aliphatic carbocycles. The van der Waals surface area contributed by atoms with Crippen LogP contribution in [0.4, 0.5) is 50.0 Å². The molecule has 3 aliphatic rings. The number of alkyl halides is 9. The Hall–Kier alpha value is -2.79. The lowest BCUT2D eigenvalue weighted by molar-refractivity contribution is -0.308. The number of nitrogens with zero attached hydrogens (tertiary/aromatic N) is 4. The number of aliphatic hydroxyl groups excluding tert-OH is 1. The van der Waals surface area contributed by atoms with Crippen molar-refractivity contribution < 1.29 is 58.9 Å². The number of halogens is 9. The molecule has 0 bridgehead atoms. The number of carbonyl (C=O) groups is 2. The fourth-order valence-corrected chi connectivity index (χ4v) is 6.09. The van der Waals surface area contributed by atoms with Crippen molar-refractivity contribution in [3.8, 4) is 0 Å². The number of ether oxygens (including phenoxy) is 1. The standard InChI is InChI=1S/C26H31F9N4O3.CH4O/c27-24(28,29)19-3-2-18(20(16-19)37-8-5-23(6-9-37)4-1-7-39(23)14-15-40)17-36-10-12-38(13-11-36)22(41)42-21(25(30,31)32)26(33,34)35;1-2/h2-3,15-16,21H,1,4-14,17H2;2H,1H3. The monoisotopic (exact) mass is 650 g/mol. The summed E-state index contributed by atoms with van der Waals surface area (Å²) < 4.78 is 121. The zero-order valence-electron chi connectivity index (χ0n) is 23.9. The van der Waals surface area contributed by atoms with E-state index >= 15 is 0 Å². The van der Waals surface area contributed by atoms with Gasteiger partial charge in [-0.1, -0.05) is 6.07 Å². The zero-order chi connectivity index (χ0) is 32.9. The first kappa shape index (κ1) is 35.7. The summed E-state index contributed by atoms with van der Waals surface area (Å²) in [5.74, 6) is 0. The smallest absolute Gasteiger partial charge is 0.426 e. The lowest BCUT2D eigenvalue weighted by Crippen LogP contribution is -2.53. The highest BCUT2D eigenvalue weighted by Crippen LogP contribution is 2.41. The highest BCUT2D eigenvalue weighted by Gasteiger charge is 2.60. The van der Waals surface area contributed by atoms with Crippen LogP contribution in [0.25, 0.3) is 0 Å². The molecule has 1 aromatic carbocycles. The van der Waals surface area contributed by atoms with Gasteiger partial charge < -0.3 is 24.4 Å². The molecule has 3 aliphatic heterocycles. The number of piperazine rings is 1. The minimum absolute atomic E-state index is 0.0576. The van der Waals surface area contributed by atoms with Crippen LogP contribution in [0.2, 0.25) is 0 Å². The molecule has 1 aromatic rings. The quantitative estimate of drug-likeness (QED) is 0.354. The van der Waals surface area contributed by atoms with Crippen LogP contribution in [0.1, 0.15) is 36.8 Å². The number of piperidine rings is 1. The van der Waals surface area contributed by atoms with E-state index in [0.717, 1.165) is 49.8 Å². The maximum atomic E-state index is 13.6. The first-order chi connectivity index (χ1) is 20.5. The van der Waals surface area contributed by atoms with Crippen molar-refractivity contribution >= 4 is 18.1 Å². The third-order valence-electron chi connectivity index (χ3n) is 8.32. The average Bonchev–Trinajstić information content (AvgIpc) is 3.33. The first-order valence-corrected chi connectivity index (χ1v) is 13.9. The number of carbonyl (C=O) groups excluding carboxylic acids is 2. The summed E-state index contributed by atoms with van der Waals surface area (Å²) in [6.45, 7) is 1.87. The Kier molecular flexibility index (Phi) is 11.4. The largest absolute Gasteiger partial charge is 0.434 e. The maximum Gasteiger partial charge on any atom is 0.434 e. The molecule has 17 heteroatoms. The van der Waals surface area contributed by atoms with Crippen molar-refractivity contribution in [2.24, 2.45) is 0 Å². The van der Waals surface area contributed by atoms with Gasteiger partial charge in [0, 0.05) is 64.1 Å². The Balaban J connectivity index is 0.00000259. The van der Waals surface area contributed by atoms with Crippen molar-refractivity contribution in [1.29, 1.82) is 0 Å². The van der Waals surface area contributed by atoms with E-state index in [1.54, 1.807) is 4.90 Å². The minimum Gasteiger partial charge on any atom is -0.426 e. The van der Waals surface area contributed by atoms with Gasteiger partial charge in [0.05, 0.1) is 12.1 Å². The van der Waals surface area contributed by atoms with Gasteiger partial charge in [0.1, 0.15) is 6.29 Å². The van der Waals surface area contributed by atoms with Gasteiger partial charge in [0.25, 0.3) is 6.10 Å². The molecule has 3 heterocycles. The molecule has 0 aromatic heterocycles. The normalized spacial score (nSPS) is 20.1. The Morgan fingerprint density at radius 2 is 1.50 bits per heavy atom. The summed E-state index contributed by atoms with van der Waals surface area (Å²) in [4.78, 5) is 29.7. The summed E-state index contributed by atoms with van der Waals surface area (Å²) in [6.07, 6.45) is -18.2. The number of likely N-dealkylation sites (tertiary alicyclic amines) is 1. The zero-order valence-corrected chi connectivity index (χ0v) is 23.9. The second kappa shape index (κ2) is 14.1. The maximum absolute atomic E-state index is 13.6. The fraction of sp³-hybridized carbons (Fsp3) is 0.704. The third-order valence-corrected chi connectivity index (χ3v) is 8.32. The molecular formula is C27H35F9N4O4. The molecule has 0 unspecified atom stereocenters. The van der Waals surface area contributed by atoms with Crippen LogP contribution in [0.5, 0.6) is 0 Å². The van der Waals surface area contributed by atoms with Crippen LogP contribution in [0, 0.1) is 0 Å². The van der Waals surface area contributed by atoms with E-state index in [1.165, 1.54) is 6.07 Å². The number of hydrogen-bond acceptors (Lipinski definition) is 7. The number of amides is 1. The van der Waals surface area contributed by atoms with Gasteiger partial charge >= 0.3 is 24.6 Å². The van der Waals surface area contributed by atoms with Gasteiger partial charge in [-0.3, -0.25) is 9.80 Å². The lowest BCUT2D eigenvalue weighted by Gasteiger charge is -2.46. The molecule has 1 N–H and O–H groups in total. The predicted molar refractivity (Wildman–Crippen MR) is 140 cm³/mol. The Bertz CT molecular complexity index is 1100. The SMILES string of the molecule is CO.O=CCN1CCCC12CCN(c1cc(C(F)(F)F)ccc1CN1CCN(C(=O)OC(C(F)(F)F)C(F)(F)F)CC1)CC2. The van der Waals surface area contributed by atoms with E-state index in [-0.39, 0.29) is 38.3 Å². The molecule has 0 atom stereocenters. The van der Waals surface area contributed by atoms with E-state index in [0.29, 0.717) is 43.7 Å². The number of anilines is 1. The van der Waals surface area contributed by atoms with Gasteiger partial charge in [-0.15, -0.1) is 0 Å². The number of rotatable bonds is 6. The molecule has 4 rings (SSSR count). The number of aliphatic hydroxyl groups is 1. The van der Waals surface area contributed by atoms with Crippen molar-refractivity contribution in [3.63, 3.8) is 0 Å². The molecule has 1 amide bonds. The van der Waals surface area contributed by atoms with Gasteiger partial charge in [-0.2, -0.15) is 39.5 Å². The van der Waals surface area contributed by atoms with Gasteiger partial charge in [0.15, 0.2) is 0 Å². The Labute approximate surface area is 248 Å². The van der Waals surface area contributed by atoms with Crippen molar-refractivity contribution in [3.05, 3.63) is 29.3 Å². The van der Waals surface area contributed by atoms with Crippen LogP contribution < -0.4 is 4.90 Å². The number of benzene rings is 1. The molecule has 44 heavy (non-hydrogen) atoms. The van der Waals surface area contributed by atoms with Crippen molar-refractivity contribution in [2.75, 3.05) is 64.4 Å². The summed E-state index contributed by atoms with van der Waals surface area (Å²) in [5, 5.41) is 7.00. The summed E-state index contributed by atoms with van der Waals surface area (Å²) in [6, 6.07) is 3.43. The highest BCUT2D eigenvalue weighted by molar-refractivity contribution is 5.68. The van der Waals surface area contributed by atoms with E-state index < -0.39 is 36.3 Å². The molecule has 0 radical (unpaired) electrons. The van der Waals surface area contributed by atoms with Crippen LogP contribution in [0.15, 0.2) is 18.2 Å². The number of hydrogen-bond donors (Lipinski definition) is 1. The van der Waals surface area contributed by atoms with Crippen LogP contribution in [-0.2, 0) is 22.3 Å². The molecule has 8 nitrogen and oxygen atoms in total. The summed E-state index contributed by atoms with van der Waals surface area (Å²) >= 11 is 0. The van der Waals surface area contributed by atoms with E-state index in [2.05, 4.69) is 9.64 Å². The van der Waals surface area contributed by atoms with Crippen molar-refractivity contribution in [2.45, 2.75) is 62.4 Å². The van der Waals surface area contributed by atoms with E-state index in [1.807, 2.05) is 4.90 Å². The van der Waals surface area contributed by atoms with Gasteiger partial charge in [-0.05, 0) is 49.9 Å². The Morgan fingerprint density at radius 1 is 0.909 bits per heavy atom. The van der Waals surface area contributed by atoms with E-state index in [4.69, 9.17) is 5.11 Å². The summed E-state index contributed by atoms with van der Waals surface area (Å²) in [7, 11) is 1.00. The molecule has 0 saturated carbocycles. The fourth-order valence-electron chi connectivity index (χ4n) is 6.09. The van der Waals surface area contributed by atoms with E-state index in [9.17, 15) is 49.1 Å². The topological polar surface area (TPSA) is 76.6 Å². The predicted octanol–water partition coefficient (Wildman–Crippen LogP) is 4.70. The number of aldehydes is 1. The van der Waals surface area contributed by atoms with Crippen LogP contribution in [0.3, 0.4) is 0 Å². The molecule has 1 spiro atoms. The second-order valence-electron chi connectivity index (χ2n) is 10.9. The third kappa shape index (κ3) is 8.47.